The molecular weight excluding hydrogens is 168 g/mol. The number of allylic oxidation sites excluding steroid dienone is 8. The first kappa shape index (κ1) is 11.0. The molecule has 0 bridgehead atoms. The molecule has 0 saturated carbocycles. The summed E-state index contributed by atoms with van der Waals surface area (Å²) in [4.78, 5) is 0. The molecule has 14 heavy (non-hydrogen) atoms. The Labute approximate surface area is 87.7 Å². The monoisotopic (exact) mass is 188 g/mol. The molecule has 0 unspecified atom stereocenters. The number of hydrogen-bond acceptors (Lipinski definition) is 0. The van der Waals surface area contributed by atoms with Gasteiger partial charge in [-0.15, -0.1) is 0 Å². The van der Waals surface area contributed by atoms with Crippen LogP contribution in [0.4, 0.5) is 0 Å². The van der Waals surface area contributed by atoms with Crippen molar-refractivity contribution in [3.05, 3.63) is 48.6 Å². The second-order valence-corrected chi connectivity index (χ2v) is 3.57. The zero-order valence-electron chi connectivity index (χ0n) is 8.86. The molecule has 1 rings (SSSR count). The van der Waals surface area contributed by atoms with E-state index < -0.39 is 0 Å². The van der Waals surface area contributed by atoms with E-state index in [-0.39, 0.29) is 0 Å². The summed E-state index contributed by atoms with van der Waals surface area (Å²) in [6.07, 6.45) is 25.0. The first-order valence-electron chi connectivity index (χ1n) is 5.63. The fraction of sp³-hybridized carbons (Fsp3) is 0.429. The van der Waals surface area contributed by atoms with Crippen LogP contribution in [0, 0.1) is 0 Å². The third-order valence-corrected chi connectivity index (χ3v) is 2.26. The highest BCUT2D eigenvalue weighted by molar-refractivity contribution is 5.05. The Morgan fingerprint density at radius 1 is 0.429 bits per heavy atom. The molecule has 0 nitrogen and oxygen atoms in total. The lowest BCUT2D eigenvalue weighted by molar-refractivity contribution is 0.762. The molecule has 0 amide bonds. The summed E-state index contributed by atoms with van der Waals surface area (Å²) in [6.45, 7) is 0. The van der Waals surface area contributed by atoms with Gasteiger partial charge in [-0.25, -0.2) is 0 Å². The molecule has 0 heteroatoms. The average Bonchev–Trinajstić information content (AvgIpc) is 2.22. The van der Waals surface area contributed by atoms with E-state index in [4.69, 9.17) is 0 Å². The fourth-order valence-electron chi connectivity index (χ4n) is 1.42. The summed E-state index contributed by atoms with van der Waals surface area (Å²) in [6, 6.07) is 0. The first-order valence-corrected chi connectivity index (χ1v) is 5.63. The minimum Gasteiger partial charge on any atom is -0.0845 e. The Bertz CT molecular complexity index is 202. The van der Waals surface area contributed by atoms with E-state index >= 15 is 0 Å². The van der Waals surface area contributed by atoms with Crippen molar-refractivity contribution >= 4 is 0 Å². The normalized spacial score (nSPS) is 28.6. The van der Waals surface area contributed by atoms with E-state index in [0.29, 0.717) is 0 Å². The van der Waals surface area contributed by atoms with Crippen LogP contribution in [0.1, 0.15) is 38.5 Å². The summed E-state index contributed by atoms with van der Waals surface area (Å²) in [5.41, 5.74) is 0. The van der Waals surface area contributed by atoms with Crippen molar-refractivity contribution in [2.75, 3.05) is 0 Å². The van der Waals surface area contributed by atoms with E-state index in [1.165, 1.54) is 25.7 Å². The van der Waals surface area contributed by atoms with Crippen LogP contribution >= 0.6 is 0 Å². The molecule has 0 aromatic rings. The lowest BCUT2D eigenvalue weighted by atomic mass is 10.1. The van der Waals surface area contributed by atoms with Crippen LogP contribution < -0.4 is 0 Å². The van der Waals surface area contributed by atoms with Crippen molar-refractivity contribution in [2.24, 2.45) is 0 Å². The summed E-state index contributed by atoms with van der Waals surface area (Å²) in [5, 5.41) is 0. The van der Waals surface area contributed by atoms with Crippen LogP contribution in [0.15, 0.2) is 48.6 Å². The topological polar surface area (TPSA) is 0 Å². The first-order chi connectivity index (χ1) is 7.00. The Morgan fingerprint density at radius 3 is 1.21 bits per heavy atom. The maximum absolute atomic E-state index is 2.27. The smallest absolute Gasteiger partial charge is 0.0313 e. The van der Waals surface area contributed by atoms with Crippen LogP contribution in [0.3, 0.4) is 0 Å². The van der Waals surface area contributed by atoms with Crippen LogP contribution in [0.5, 0.6) is 0 Å². The summed E-state index contributed by atoms with van der Waals surface area (Å²) >= 11 is 0. The SMILES string of the molecule is C1=C\CC/C=C\C=C\CCCC/C=C/1. The molecule has 0 atom stereocenters. The molecule has 1 aliphatic carbocycles. The van der Waals surface area contributed by atoms with Gasteiger partial charge in [0.05, 0.1) is 0 Å². The van der Waals surface area contributed by atoms with E-state index in [2.05, 4.69) is 48.6 Å². The zero-order chi connectivity index (χ0) is 9.90. The molecule has 0 heterocycles. The van der Waals surface area contributed by atoms with Crippen molar-refractivity contribution in [1.82, 2.24) is 0 Å². The van der Waals surface area contributed by atoms with Gasteiger partial charge in [0, 0.05) is 0 Å². The van der Waals surface area contributed by atoms with Crippen LogP contribution in [0.2, 0.25) is 0 Å². The maximum Gasteiger partial charge on any atom is -0.0313 e. The average molecular weight is 188 g/mol. The minimum atomic E-state index is 1.15. The molecule has 0 N–H and O–H groups in total. The second-order valence-electron chi connectivity index (χ2n) is 3.57. The molecule has 0 radical (unpaired) electrons. The van der Waals surface area contributed by atoms with E-state index in [1.807, 2.05) is 0 Å². The highest BCUT2D eigenvalue weighted by Gasteiger charge is 1.83. The summed E-state index contributed by atoms with van der Waals surface area (Å²) in [7, 11) is 0. The lowest BCUT2D eigenvalue weighted by Gasteiger charge is -1.92. The maximum atomic E-state index is 2.27. The van der Waals surface area contributed by atoms with Crippen molar-refractivity contribution in [3.8, 4) is 0 Å². The number of hydrogen-bond donors (Lipinski definition) is 0. The highest BCUT2D eigenvalue weighted by atomic mass is 13.9. The van der Waals surface area contributed by atoms with Gasteiger partial charge >= 0.3 is 0 Å². The second kappa shape index (κ2) is 8.55. The van der Waals surface area contributed by atoms with Gasteiger partial charge in [-0.05, 0) is 38.5 Å². The van der Waals surface area contributed by atoms with Gasteiger partial charge in [0.25, 0.3) is 0 Å². The van der Waals surface area contributed by atoms with Gasteiger partial charge in [-0.1, -0.05) is 48.6 Å². The minimum absolute atomic E-state index is 1.15. The third kappa shape index (κ3) is 6.47. The van der Waals surface area contributed by atoms with Crippen molar-refractivity contribution < 1.29 is 0 Å². The highest BCUT2D eigenvalue weighted by Crippen LogP contribution is 2.03. The molecular formula is C14H20. The Hall–Kier alpha value is -1.04. The Kier molecular flexibility index (Phi) is 6.74. The fourth-order valence-corrected chi connectivity index (χ4v) is 1.42. The predicted octanol–water partition coefficient (Wildman–Crippen LogP) is 4.57. The van der Waals surface area contributed by atoms with Crippen molar-refractivity contribution in [2.45, 2.75) is 38.5 Å². The largest absolute Gasteiger partial charge is 0.0845 e. The van der Waals surface area contributed by atoms with Gasteiger partial charge in [0.15, 0.2) is 0 Å². The van der Waals surface area contributed by atoms with Crippen LogP contribution in [-0.2, 0) is 0 Å². The zero-order valence-corrected chi connectivity index (χ0v) is 8.86. The predicted molar refractivity (Wildman–Crippen MR) is 64.3 cm³/mol. The van der Waals surface area contributed by atoms with Gasteiger partial charge in [0.2, 0.25) is 0 Å². The number of rotatable bonds is 0. The molecule has 76 valence electrons. The van der Waals surface area contributed by atoms with E-state index in [0.717, 1.165) is 12.8 Å². The van der Waals surface area contributed by atoms with Gasteiger partial charge < -0.3 is 0 Å². The van der Waals surface area contributed by atoms with E-state index in [9.17, 15) is 0 Å². The van der Waals surface area contributed by atoms with E-state index in [1.54, 1.807) is 0 Å². The lowest BCUT2D eigenvalue weighted by Crippen LogP contribution is -1.72. The molecule has 0 spiro atoms. The summed E-state index contributed by atoms with van der Waals surface area (Å²) < 4.78 is 0. The third-order valence-electron chi connectivity index (χ3n) is 2.26. The van der Waals surface area contributed by atoms with Crippen LogP contribution in [0.25, 0.3) is 0 Å². The van der Waals surface area contributed by atoms with Crippen molar-refractivity contribution in [1.29, 1.82) is 0 Å². The Balaban J connectivity index is 2.34. The van der Waals surface area contributed by atoms with Crippen LogP contribution in [-0.4, -0.2) is 0 Å². The van der Waals surface area contributed by atoms with Crippen molar-refractivity contribution in [3.63, 3.8) is 0 Å². The molecule has 0 fully saturated rings. The van der Waals surface area contributed by atoms with Gasteiger partial charge in [0.1, 0.15) is 0 Å². The molecule has 0 aromatic carbocycles. The summed E-state index contributed by atoms with van der Waals surface area (Å²) in [5.74, 6) is 0. The molecule has 0 aromatic heterocycles. The quantitative estimate of drug-likeness (QED) is 0.522. The van der Waals surface area contributed by atoms with Gasteiger partial charge in [-0.2, -0.15) is 0 Å². The molecule has 0 aliphatic heterocycles. The van der Waals surface area contributed by atoms with Gasteiger partial charge in [-0.3, -0.25) is 0 Å². The molecule has 0 saturated heterocycles. The standard InChI is InChI=1S/C14H20/c1-2-4-6-8-10-12-14-13-11-9-7-5-3-1/h1-4,9,11,13-14H,5-8,10,12H2/b3-1-,4-2+,11-9-,14-13+. The Morgan fingerprint density at radius 2 is 0.786 bits per heavy atom. The molecule has 1 aliphatic rings.